The number of hydrogen-bond donors (Lipinski definition) is 7. The molecule has 1 heterocycles. The van der Waals surface area contributed by atoms with Gasteiger partial charge in [-0.2, -0.15) is 11.8 Å². The first-order chi connectivity index (χ1) is 16.6. The van der Waals surface area contributed by atoms with Crippen LogP contribution in [0.2, 0.25) is 0 Å². The Morgan fingerprint density at radius 2 is 1.63 bits per heavy atom. The number of carbonyl (C=O) groups excluding carboxylic acids is 3. The van der Waals surface area contributed by atoms with Crippen LogP contribution in [0, 0.1) is 5.92 Å². The monoisotopic (exact) mass is 513 g/mol. The minimum Gasteiger partial charge on any atom is -0.480 e. The van der Waals surface area contributed by atoms with E-state index >= 15 is 0 Å². The molecule has 0 radical (unpaired) electrons. The first-order valence-corrected chi connectivity index (χ1v) is 13.1. The number of thioether (sulfide) groups is 1. The average molecular weight is 514 g/mol. The molecule has 35 heavy (non-hydrogen) atoms. The second kappa shape index (κ2) is 16.1. The van der Waals surface area contributed by atoms with Crippen molar-refractivity contribution in [1.29, 1.82) is 0 Å². The maximum atomic E-state index is 13.1. The van der Waals surface area contributed by atoms with E-state index in [0.29, 0.717) is 37.3 Å². The van der Waals surface area contributed by atoms with Gasteiger partial charge in [0.15, 0.2) is 0 Å². The maximum absolute atomic E-state index is 13.1. The van der Waals surface area contributed by atoms with E-state index in [4.69, 9.17) is 11.5 Å². The average Bonchev–Trinajstić information content (AvgIpc) is 3.32. The number of nitrogens with zero attached hydrogens (tertiary/aromatic N) is 1. The number of amides is 3. The largest absolute Gasteiger partial charge is 0.480 e. The van der Waals surface area contributed by atoms with Gasteiger partial charge in [-0.05, 0) is 50.2 Å². The van der Waals surface area contributed by atoms with Crippen molar-refractivity contribution in [3.63, 3.8) is 0 Å². The van der Waals surface area contributed by atoms with Crippen LogP contribution in [-0.2, 0) is 25.6 Å². The van der Waals surface area contributed by atoms with Crippen LogP contribution in [0.25, 0.3) is 0 Å². The minimum absolute atomic E-state index is 0.00906. The first-order valence-electron chi connectivity index (χ1n) is 11.7. The number of nitrogens with two attached hydrogens (primary N) is 2. The van der Waals surface area contributed by atoms with Crippen LogP contribution < -0.4 is 27.4 Å². The quantitative estimate of drug-likeness (QED) is 0.132. The number of aromatic nitrogens is 2. The highest BCUT2D eigenvalue weighted by Crippen LogP contribution is 2.08. The van der Waals surface area contributed by atoms with E-state index in [1.807, 2.05) is 6.26 Å². The van der Waals surface area contributed by atoms with E-state index in [1.54, 1.807) is 13.8 Å². The molecule has 1 rings (SSSR count). The molecular weight excluding hydrogens is 474 g/mol. The number of H-pyrrole nitrogens is 1. The van der Waals surface area contributed by atoms with Crippen LogP contribution in [0.3, 0.4) is 0 Å². The van der Waals surface area contributed by atoms with Gasteiger partial charge >= 0.3 is 5.97 Å². The van der Waals surface area contributed by atoms with Gasteiger partial charge in [-0.25, -0.2) is 9.78 Å². The smallest absolute Gasteiger partial charge is 0.326 e. The molecule has 0 bridgehead atoms. The van der Waals surface area contributed by atoms with Gasteiger partial charge in [0, 0.05) is 18.3 Å². The Morgan fingerprint density at radius 3 is 2.14 bits per heavy atom. The molecule has 1 aromatic rings. The third kappa shape index (κ3) is 11.1. The van der Waals surface area contributed by atoms with Crippen LogP contribution >= 0.6 is 11.8 Å². The molecule has 12 nitrogen and oxygen atoms in total. The summed E-state index contributed by atoms with van der Waals surface area (Å²) in [6, 6.07) is -3.87. The molecule has 4 atom stereocenters. The lowest BCUT2D eigenvalue weighted by molar-refractivity contribution is -0.142. The molecule has 0 fully saturated rings. The van der Waals surface area contributed by atoms with Crippen molar-refractivity contribution in [3.8, 4) is 0 Å². The molecule has 0 saturated heterocycles. The van der Waals surface area contributed by atoms with E-state index < -0.39 is 47.9 Å². The summed E-state index contributed by atoms with van der Waals surface area (Å²) in [5.41, 5.74) is 12.0. The Kier molecular flexibility index (Phi) is 14.0. The second-order valence-corrected chi connectivity index (χ2v) is 9.62. The molecule has 3 amide bonds. The number of aromatic amines is 1. The molecular formula is C22H39N7O5S. The predicted molar refractivity (Wildman–Crippen MR) is 134 cm³/mol. The molecule has 0 aromatic carbocycles. The molecule has 0 aliphatic carbocycles. The number of rotatable bonds is 17. The van der Waals surface area contributed by atoms with Gasteiger partial charge in [-0.3, -0.25) is 14.4 Å². The fourth-order valence-electron chi connectivity index (χ4n) is 3.20. The Morgan fingerprint density at radius 1 is 1.03 bits per heavy atom. The summed E-state index contributed by atoms with van der Waals surface area (Å²) in [5, 5.41) is 17.4. The molecule has 198 valence electrons. The van der Waals surface area contributed by atoms with Crippen molar-refractivity contribution < 1.29 is 24.3 Å². The Bertz CT molecular complexity index is 806. The van der Waals surface area contributed by atoms with Gasteiger partial charge in [0.2, 0.25) is 17.7 Å². The fraction of sp³-hybridized carbons (Fsp3) is 0.682. The summed E-state index contributed by atoms with van der Waals surface area (Å²) in [6.07, 6.45) is 6.64. The van der Waals surface area contributed by atoms with Crippen molar-refractivity contribution in [2.75, 3.05) is 18.6 Å². The van der Waals surface area contributed by atoms with Crippen molar-refractivity contribution >= 4 is 35.5 Å². The maximum Gasteiger partial charge on any atom is 0.326 e. The highest BCUT2D eigenvalue weighted by atomic mass is 32.2. The van der Waals surface area contributed by atoms with Gasteiger partial charge < -0.3 is 37.5 Å². The number of nitrogens with one attached hydrogen (secondary N) is 4. The Labute approximate surface area is 210 Å². The predicted octanol–water partition coefficient (Wildman–Crippen LogP) is -0.643. The summed E-state index contributed by atoms with van der Waals surface area (Å²) >= 11 is 1.49. The minimum atomic E-state index is -1.21. The normalized spacial score (nSPS) is 14.6. The molecule has 0 aliphatic heterocycles. The third-order valence-corrected chi connectivity index (χ3v) is 6.08. The van der Waals surface area contributed by atoms with Crippen LogP contribution in [0.4, 0.5) is 0 Å². The number of aliphatic carboxylic acids is 1. The summed E-state index contributed by atoms with van der Waals surface area (Å²) in [7, 11) is 0. The number of unbranched alkanes of at least 4 members (excludes halogenated alkanes) is 1. The number of carboxylic acid groups (broad SMARTS) is 1. The van der Waals surface area contributed by atoms with E-state index in [-0.39, 0.29) is 18.8 Å². The second-order valence-electron chi connectivity index (χ2n) is 8.64. The molecule has 0 aliphatic rings. The van der Waals surface area contributed by atoms with Crippen molar-refractivity contribution in [2.24, 2.45) is 17.4 Å². The Balaban J connectivity index is 2.95. The zero-order valence-corrected chi connectivity index (χ0v) is 21.4. The van der Waals surface area contributed by atoms with Crippen LogP contribution in [-0.4, -0.2) is 81.5 Å². The van der Waals surface area contributed by atoms with E-state index in [1.165, 1.54) is 24.3 Å². The molecule has 4 unspecified atom stereocenters. The van der Waals surface area contributed by atoms with Gasteiger partial charge in [-0.1, -0.05) is 13.8 Å². The van der Waals surface area contributed by atoms with Crippen molar-refractivity contribution in [2.45, 2.75) is 70.1 Å². The molecule has 13 heteroatoms. The summed E-state index contributed by atoms with van der Waals surface area (Å²) < 4.78 is 0. The van der Waals surface area contributed by atoms with Crippen molar-refractivity contribution in [1.82, 2.24) is 25.9 Å². The van der Waals surface area contributed by atoms with Gasteiger partial charge in [0.1, 0.15) is 18.1 Å². The van der Waals surface area contributed by atoms with E-state index in [9.17, 15) is 24.3 Å². The zero-order valence-electron chi connectivity index (χ0n) is 20.6. The lowest BCUT2D eigenvalue weighted by atomic mass is 10.0. The van der Waals surface area contributed by atoms with Crippen LogP contribution in [0.5, 0.6) is 0 Å². The molecule has 9 N–H and O–H groups in total. The van der Waals surface area contributed by atoms with Gasteiger partial charge in [-0.15, -0.1) is 0 Å². The fourth-order valence-corrected chi connectivity index (χ4v) is 3.67. The highest BCUT2D eigenvalue weighted by Gasteiger charge is 2.30. The van der Waals surface area contributed by atoms with Gasteiger partial charge in [0.05, 0.1) is 12.4 Å². The van der Waals surface area contributed by atoms with Crippen molar-refractivity contribution in [3.05, 3.63) is 18.2 Å². The lowest BCUT2D eigenvalue weighted by Crippen LogP contribution is -2.57. The van der Waals surface area contributed by atoms with Gasteiger partial charge in [0.25, 0.3) is 0 Å². The number of carbonyl (C=O) groups is 4. The number of imidazole rings is 1. The number of hydrogen-bond acceptors (Lipinski definition) is 8. The zero-order chi connectivity index (χ0) is 26.4. The standard InChI is InChI=1S/C22H39N7O5S/c1-13(2)18(24)21(32)28-15(6-4-5-8-23)19(30)27-16(7-9-35-3)20(31)29-17(22(33)34)10-14-11-25-12-26-14/h11-13,15-18H,4-10,23-24H2,1-3H3,(H,25,26)(H,27,30)(H,28,32)(H,29,31)(H,33,34). The molecule has 1 aromatic heterocycles. The van der Waals surface area contributed by atoms with Crippen LogP contribution in [0.15, 0.2) is 12.5 Å². The lowest BCUT2D eigenvalue weighted by Gasteiger charge is -2.25. The summed E-state index contributed by atoms with van der Waals surface area (Å²) in [5.74, 6) is -2.39. The molecule has 0 saturated carbocycles. The number of carboxylic acids is 1. The third-order valence-electron chi connectivity index (χ3n) is 5.44. The van der Waals surface area contributed by atoms with Crippen LogP contribution in [0.1, 0.15) is 45.2 Å². The first kappa shape index (κ1) is 30.4. The summed E-state index contributed by atoms with van der Waals surface area (Å²) in [4.78, 5) is 57.0. The highest BCUT2D eigenvalue weighted by molar-refractivity contribution is 7.98. The Hall–Kier alpha value is -2.64. The topological polar surface area (TPSA) is 205 Å². The van der Waals surface area contributed by atoms with E-state index in [0.717, 1.165) is 0 Å². The molecule has 0 spiro atoms. The van der Waals surface area contributed by atoms with E-state index in [2.05, 4.69) is 25.9 Å². The summed E-state index contributed by atoms with van der Waals surface area (Å²) in [6.45, 7) is 4.05. The SMILES string of the molecule is CSCCC(NC(=O)C(CCCCN)NC(=O)C(N)C(C)C)C(=O)NC(Cc1cnc[nH]1)C(=O)O.